The maximum Gasteiger partial charge on any atom is 0.352 e. The topological polar surface area (TPSA) is 179 Å². The number of quaternary nitrogens is 1. The minimum atomic E-state index is -1.12. The number of aliphatic carboxylic acids is 1. The number of oxime groups is 1. The van der Waals surface area contributed by atoms with Crippen molar-refractivity contribution >= 4 is 51.7 Å². The number of likely N-dealkylation sites (N-methyl/N-ethyl adjacent to an activating group) is 1. The van der Waals surface area contributed by atoms with Crippen LogP contribution in [0.15, 0.2) is 21.8 Å². The van der Waals surface area contributed by atoms with Crippen LogP contribution in [0.4, 0.5) is 5.13 Å². The van der Waals surface area contributed by atoms with Gasteiger partial charge in [0.25, 0.3) is 11.8 Å². The average molecular weight is 535 g/mol. The number of carboxylic acids is 1. The molecule has 6 N–H and O–H groups in total. The van der Waals surface area contributed by atoms with Crippen LogP contribution < -0.4 is 23.5 Å². The molecule has 3 aliphatic rings. The van der Waals surface area contributed by atoms with E-state index in [1.54, 1.807) is 5.38 Å². The van der Waals surface area contributed by atoms with Gasteiger partial charge in [0.15, 0.2) is 10.8 Å². The van der Waals surface area contributed by atoms with Gasteiger partial charge in [-0.1, -0.05) is 5.16 Å². The number of amides is 2. The van der Waals surface area contributed by atoms with E-state index in [0.717, 1.165) is 47.3 Å². The van der Waals surface area contributed by atoms with Gasteiger partial charge in [-0.05, 0) is 0 Å². The molecule has 2 fully saturated rings. The van der Waals surface area contributed by atoms with Gasteiger partial charge in [0.1, 0.15) is 36.5 Å². The van der Waals surface area contributed by atoms with Crippen LogP contribution in [0, 0.1) is 0 Å². The summed E-state index contributed by atoms with van der Waals surface area (Å²) in [5.74, 6) is -1.71. The van der Waals surface area contributed by atoms with Crippen LogP contribution in [0.5, 0.6) is 0 Å². The Hall–Kier alpha value is -2.39. The highest BCUT2D eigenvalue weighted by Crippen LogP contribution is 2.41. The summed E-state index contributed by atoms with van der Waals surface area (Å²) in [6.45, 7) is 2.61. The number of anilines is 1. The number of thioether (sulfide) groups is 1. The van der Waals surface area contributed by atoms with Gasteiger partial charge in [-0.2, -0.15) is 0 Å². The Morgan fingerprint density at radius 1 is 1.41 bits per heavy atom. The van der Waals surface area contributed by atoms with Gasteiger partial charge in [-0.3, -0.25) is 14.5 Å². The monoisotopic (exact) mass is 534 g/mol. The van der Waals surface area contributed by atoms with E-state index in [9.17, 15) is 19.5 Å². The third-order valence-corrected chi connectivity index (χ3v) is 7.93. The molecule has 0 spiro atoms. The molecule has 0 unspecified atom stereocenters. The number of carboxylic acid groups (broad SMARTS) is 1. The molecule has 4 heterocycles. The number of carbonyl (C=O) groups is 3. The second-order valence-corrected chi connectivity index (χ2v) is 10.2. The maximum absolute atomic E-state index is 12.9. The lowest BCUT2D eigenvalue weighted by Gasteiger charge is -2.49. The zero-order valence-electron chi connectivity index (χ0n) is 18.6. The fourth-order valence-corrected chi connectivity index (χ4v) is 6.31. The third kappa shape index (κ3) is 5.15. The standard InChI is InChI=1S/C19H24N6O5S2.ClH.H2O/c1-25(5-3-4-6-25)7-10-8-31-17-13(16(27)24(17)14(10)18(28)29)22-15(26)12(23-30-2)11-9-32-19(20)21-11;;/h9,13,17H,3-8H2,1-2H3,(H3-,20,21,22,26,28,29);1H;1H2/b23-12-;;/t13-,17-;;/m1../s1. The number of thiazole rings is 1. The first kappa shape index (κ1) is 27.9. The van der Waals surface area contributed by atoms with Crippen molar-refractivity contribution in [2.45, 2.75) is 24.3 Å². The summed E-state index contributed by atoms with van der Waals surface area (Å²) in [6, 6.07) is -0.863. The summed E-state index contributed by atoms with van der Waals surface area (Å²) in [4.78, 5) is 47.9. The van der Waals surface area contributed by atoms with Crippen LogP contribution in [0.2, 0.25) is 0 Å². The Labute approximate surface area is 210 Å². The summed E-state index contributed by atoms with van der Waals surface area (Å²) in [7, 11) is 3.42. The SMILES string of the molecule is CO/N=C(\C(=O)N[C@@H]1C(=O)N2C(C(=O)O)=C(C[N+]3(C)CCCC3)CS[C@H]12)c1csc(N)n1.O.[Cl-]. The Morgan fingerprint density at radius 2 is 2.09 bits per heavy atom. The second kappa shape index (κ2) is 10.9. The zero-order valence-corrected chi connectivity index (χ0v) is 21.0. The predicted octanol–water partition coefficient (Wildman–Crippen LogP) is -3.77. The van der Waals surface area contributed by atoms with Crippen molar-refractivity contribution in [3.8, 4) is 0 Å². The molecule has 4 rings (SSSR count). The summed E-state index contributed by atoms with van der Waals surface area (Å²) < 4.78 is 0.785. The Morgan fingerprint density at radius 3 is 2.65 bits per heavy atom. The van der Waals surface area contributed by atoms with Gasteiger partial charge < -0.3 is 43.4 Å². The maximum atomic E-state index is 12.9. The molecule has 1 aromatic rings. The number of fused-ring (bicyclic) bond motifs is 1. The number of β-lactam (4-membered cyclic amide) rings is 1. The summed E-state index contributed by atoms with van der Waals surface area (Å²) >= 11 is 2.61. The first-order valence-corrected chi connectivity index (χ1v) is 12.0. The normalized spacial score (nSPS) is 23.3. The van der Waals surface area contributed by atoms with Gasteiger partial charge in [0, 0.05) is 29.5 Å². The van der Waals surface area contributed by atoms with Gasteiger partial charge in [-0.15, -0.1) is 23.1 Å². The third-order valence-electron chi connectivity index (χ3n) is 5.92. The van der Waals surface area contributed by atoms with E-state index < -0.39 is 29.2 Å². The first-order chi connectivity index (χ1) is 15.2. The van der Waals surface area contributed by atoms with Crippen molar-refractivity contribution < 1.29 is 46.7 Å². The minimum Gasteiger partial charge on any atom is -1.00 e. The fourth-order valence-electron chi connectivity index (χ4n) is 4.42. The van der Waals surface area contributed by atoms with Gasteiger partial charge in [-0.25, -0.2) is 9.78 Å². The first-order valence-electron chi connectivity index (χ1n) is 10.1. The average Bonchev–Trinajstić information content (AvgIpc) is 3.37. The highest BCUT2D eigenvalue weighted by Gasteiger charge is 2.55. The van der Waals surface area contributed by atoms with Crippen molar-refractivity contribution in [2.24, 2.45) is 5.16 Å². The molecule has 2 saturated heterocycles. The molecular weight excluding hydrogens is 508 g/mol. The van der Waals surface area contributed by atoms with E-state index in [0.29, 0.717) is 12.3 Å². The lowest BCUT2D eigenvalue weighted by atomic mass is 10.0. The molecule has 1 aromatic heterocycles. The number of aromatic nitrogens is 1. The number of carbonyl (C=O) groups excluding carboxylic acids is 2. The molecule has 2 amide bonds. The highest BCUT2D eigenvalue weighted by molar-refractivity contribution is 8.00. The molecule has 3 aliphatic heterocycles. The molecule has 0 aromatic carbocycles. The largest absolute Gasteiger partial charge is 1.00 e. The van der Waals surface area contributed by atoms with E-state index >= 15 is 0 Å². The molecule has 15 heteroatoms. The highest BCUT2D eigenvalue weighted by atomic mass is 35.5. The van der Waals surface area contributed by atoms with Crippen molar-refractivity contribution in [1.29, 1.82) is 0 Å². The summed E-state index contributed by atoms with van der Waals surface area (Å²) in [5, 5.41) is 17.6. The van der Waals surface area contributed by atoms with Crippen molar-refractivity contribution in [1.82, 2.24) is 15.2 Å². The lowest BCUT2D eigenvalue weighted by molar-refractivity contribution is -0.893. The number of rotatable bonds is 7. The zero-order chi connectivity index (χ0) is 23.0. The number of nitrogens with zero attached hydrogens (tertiary/aromatic N) is 4. The van der Waals surface area contributed by atoms with E-state index in [2.05, 4.69) is 22.5 Å². The lowest BCUT2D eigenvalue weighted by Crippen LogP contribution is -3.00. The fraction of sp³-hybridized carbons (Fsp3) is 0.526. The Bertz CT molecular complexity index is 1020. The predicted molar refractivity (Wildman–Crippen MR) is 123 cm³/mol. The molecule has 34 heavy (non-hydrogen) atoms. The van der Waals surface area contributed by atoms with Gasteiger partial charge >= 0.3 is 5.97 Å². The van der Waals surface area contributed by atoms with Crippen LogP contribution in [0.25, 0.3) is 0 Å². The molecule has 0 radical (unpaired) electrons. The van der Waals surface area contributed by atoms with Crippen LogP contribution >= 0.6 is 23.1 Å². The second-order valence-electron chi connectivity index (χ2n) is 8.24. The smallest absolute Gasteiger partial charge is 0.352 e. The molecule has 0 saturated carbocycles. The number of halogens is 1. The van der Waals surface area contributed by atoms with Gasteiger partial charge in [0.05, 0.1) is 20.1 Å². The number of hydrogen-bond donors (Lipinski definition) is 3. The van der Waals surface area contributed by atoms with E-state index in [1.807, 2.05) is 0 Å². The Balaban J connectivity index is 0.00000204. The van der Waals surface area contributed by atoms with Crippen molar-refractivity contribution in [3.05, 3.63) is 22.3 Å². The van der Waals surface area contributed by atoms with Crippen LogP contribution in [0.3, 0.4) is 0 Å². The van der Waals surface area contributed by atoms with Crippen LogP contribution in [-0.2, 0) is 19.2 Å². The van der Waals surface area contributed by atoms with Crippen LogP contribution in [-0.4, -0.2) is 99.4 Å². The van der Waals surface area contributed by atoms with E-state index in [4.69, 9.17) is 10.6 Å². The number of nitrogen functional groups attached to an aromatic ring is 1. The molecule has 2 atom stereocenters. The molecule has 0 aliphatic carbocycles. The summed E-state index contributed by atoms with van der Waals surface area (Å²) in [6.07, 6.45) is 2.24. The molecular formula is C19H27ClN6O6S2. The van der Waals surface area contributed by atoms with E-state index in [1.165, 1.54) is 23.8 Å². The quantitative estimate of drug-likeness (QED) is 0.138. The number of nitrogens with one attached hydrogen (secondary N) is 1. The molecule has 0 bridgehead atoms. The molecule has 188 valence electrons. The van der Waals surface area contributed by atoms with Crippen molar-refractivity contribution in [2.75, 3.05) is 45.3 Å². The van der Waals surface area contributed by atoms with E-state index in [-0.39, 0.29) is 40.1 Å². The van der Waals surface area contributed by atoms with Crippen molar-refractivity contribution in [3.63, 3.8) is 0 Å². The number of nitrogens with two attached hydrogens (primary N) is 1. The minimum absolute atomic E-state index is 0. The number of hydrogen-bond acceptors (Lipinski definition) is 9. The van der Waals surface area contributed by atoms with Crippen LogP contribution in [0.1, 0.15) is 18.5 Å². The Kier molecular flexibility index (Phi) is 8.93. The summed E-state index contributed by atoms with van der Waals surface area (Å²) in [5.41, 5.74) is 6.59. The van der Waals surface area contributed by atoms with Gasteiger partial charge in [0.2, 0.25) is 0 Å². The molecule has 12 nitrogen and oxygen atoms in total. The number of likely N-dealkylation sites (tertiary alicyclic amines) is 1.